The van der Waals surface area contributed by atoms with Crippen molar-refractivity contribution in [3.05, 3.63) is 47.0 Å². The molecule has 0 saturated heterocycles. The minimum atomic E-state index is -0.304. The predicted molar refractivity (Wildman–Crippen MR) is 93.1 cm³/mol. The van der Waals surface area contributed by atoms with Crippen LogP contribution in [0.1, 0.15) is 21.5 Å². The van der Waals surface area contributed by atoms with E-state index in [2.05, 4.69) is 5.32 Å². The van der Waals surface area contributed by atoms with Crippen LogP contribution in [0.25, 0.3) is 0 Å². The lowest BCUT2D eigenvalue weighted by Gasteiger charge is -2.14. The number of carbonyl (C=O) groups excluding carboxylic acids is 1. The third-order valence-corrected chi connectivity index (χ3v) is 3.58. The number of benzene rings is 2. The summed E-state index contributed by atoms with van der Waals surface area (Å²) in [6.45, 7) is 2.36. The predicted octanol–water partition coefficient (Wildman–Crippen LogP) is 2.73. The van der Waals surface area contributed by atoms with E-state index in [1.165, 1.54) is 21.3 Å². The van der Waals surface area contributed by atoms with Crippen LogP contribution in [0.2, 0.25) is 0 Å². The van der Waals surface area contributed by atoms with Gasteiger partial charge in [-0.1, -0.05) is 6.07 Å². The Morgan fingerprint density at radius 1 is 0.958 bits per heavy atom. The molecule has 0 heterocycles. The number of nitrogens with two attached hydrogens (primary N) is 1. The first-order chi connectivity index (χ1) is 11.5. The van der Waals surface area contributed by atoms with Gasteiger partial charge >= 0.3 is 0 Å². The molecule has 24 heavy (non-hydrogen) atoms. The standard InChI is InChI=1S/C18H22N2O4/c1-11-5-12(10-19)7-13(6-11)20-18(21)14-8-16(23-3)17(24-4)9-15(14)22-2/h5-9H,10,19H2,1-4H3,(H,20,21). The number of nitrogens with one attached hydrogen (secondary N) is 1. The second-order valence-corrected chi connectivity index (χ2v) is 5.27. The third-order valence-electron chi connectivity index (χ3n) is 3.58. The molecule has 0 bridgehead atoms. The maximum atomic E-state index is 12.7. The Morgan fingerprint density at radius 2 is 1.58 bits per heavy atom. The van der Waals surface area contributed by atoms with Crippen molar-refractivity contribution >= 4 is 11.6 Å². The van der Waals surface area contributed by atoms with Gasteiger partial charge < -0.3 is 25.3 Å². The molecule has 0 atom stereocenters. The molecule has 1 amide bonds. The van der Waals surface area contributed by atoms with Crippen molar-refractivity contribution in [1.82, 2.24) is 0 Å². The Balaban J connectivity index is 2.37. The molecule has 0 saturated carbocycles. The van der Waals surface area contributed by atoms with Crippen molar-refractivity contribution in [2.24, 2.45) is 5.73 Å². The molecule has 128 valence electrons. The van der Waals surface area contributed by atoms with Gasteiger partial charge in [0.15, 0.2) is 11.5 Å². The van der Waals surface area contributed by atoms with Crippen LogP contribution >= 0.6 is 0 Å². The van der Waals surface area contributed by atoms with Crippen molar-refractivity contribution in [1.29, 1.82) is 0 Å². The topological polar surface area (TPSA) is 82.8 Å². The van der Waals surface area contributed by atoms with Gasteiger partial charge in [-0.3, -0.25) is 4.79 Å². The van der Waals surface area contributed by atoms with Gasteiger partial charge in [-0.2, -0.15) is 0 Å². The van der Waals surface area contributed by atoms with Crippen LogP contribution in [0, 0.1) is 6.92 Å². The fraction of sp³-hybridized carbons (Fsp3) is 0.278. The zero-order valence-corrected chi connectivity index (χ0v) is 14.3. The SMILES string of the molecule is COc1cc(OC)c(C(=O)Nc2cc(C)cc(CN)c2)cc1OC. The summed E-state index contributed by atoms with van der Waals surface area (Å²) in [5, 5.41) is 2.87. The summed E-state index contributed by atoms with van der Waals surface area (Å²) in [7, 11) is 4.54. The minimum Gasteiger partial charge on any atom is -0.496 e. The van der Waals surface area contributed by atoms with Gasteiger partial charge in [0.25, 0.3) is 5.91 Å². The molecule has 0 radical (unpaired) electrons. The number of aryl methyl sites for hydroxylation is 1. The van der Waals surface area contributed by atoms with Crippen LogP contribution < -0.4 is 25.3 Å². The molecule has 0 aromatic heterocycles. The largest absolute Gasteiger partial charge is 0.496 e. The molecule has 0 spiro atoms. The molecular formula is C18H22N2O4. The van der Waals surface area contributed by atoms with E-state index in [0.717, 1.165) is 11.1 Å². The molecule has 6 heteroatoms. The summed E-state index contributed by atoms with van der Waals surface area (Å²) in [6, 6.07) is 8.91. The van der Waals surface area contributed by atoms with Crippen LogP contribution in [0.4, 0.5) is 5.69 Å². The molecule has 0 fully saturated rings. The molecule has 2 rings (SSSR count). The van der Waals surface area contributed by atoms with Gasteiger partial charge in [0.2, 0.25) is 0 Å². The lowest BCUT2D eigenvalue weighted by molar-refractivity contribution is 0.102. The van der Waals surface area contributed by atoms with Crippen LogP contribution in [-0.2, 0) is 6.54 Å². The lowest BCUT2D eigenvalue weighted by atomic mass is 10.1. The monoisotopic (exact) mass is 330 g/mol. The summed E-state index contributed by atoms with van der Waals surface area (Å²) in [5.74, 6) is 1.04. The van der Waals surface area contributed by atoms with Gasteiger partial charge in [0.05, 0.1) is 26.9 Å². The molecule has 0 aliphatic carbocycles. The summed E-state index contributed by atoms with van der Waals surface area (Å²) >= 11 is 0. The van der Waals surface area contributed by atoms with E-state index in [4.69, 9.17) is 19.9 Å². The van der Waals surface area contributed by atoms with E-state index in [-0.39, 0.29) is 5.91 Å². The normalized spacial score (nSPS) is 10.2. The number of anilines is 1. The maximum absolute atomic E-state index is 12.7. The fourth-order valence-electron chi connectivity index (χ4n) is 2.46. The third kappa shape index (κ3) is 3.78. The van der Waals surface area contributed by atoms with Gasteiger partial charge in [-0.25, -0.2) is 0 Å². The molecule has 0 unspecified atom stereocenters. The number of hydrogen-bond acceptors (Lipinski definition) is 5. The van der Waals surface area contributed by atoms with E-state index in [1.54, 1.807) is 12.1 Å². The van der Waals surface area contributed by atoms with E-state index in [1.807, 2.05) is 25.1 Å². The van der Waals surface area contributed by atoms with Crippen LogP contribution in [0.15, 0.2) is 30.3 Å². The molecule has 0 aliphatic rings. The van der Waals surface area contributed by atoms with Crippen molar-refractivity contribution in [2.75, 3.05) is 26.6 Å². The zero-order valence-electron chi connectivity index (χ0n) is 14.3. The van der Waals surface area contributed by atoms with Crippen molar-refractivity contribution in [2.45, 2.75) is 13.5 Å². The highest BCUT2D eigenvalue weighted by atomic mass is 16.5. The number of amides is 1. The Morgan fingerprint density at radius 3 is 2.17 bits per heavy atom. The van der Waals surface area contributed by atoms with E-state index in [0.29, 0.717) is 35.0 Å². The summed E-state index contributed by atoms with van der Waals surface area (Å²) < 4.78 is 15.8. The Hall–Kier alpha value is -2.73. The van der Waals surface area contributed by atoms with Crippen LogP contribution in [0.3, 0.4) is 0 Å². The number of carbonyl (C=O) groups is 1. The molecule has 6 nitrogen and oxygen atoms in total. The van der Waals surface area contributed by atoms with E-state index < -0.39 is 0 Å². The number of methoxy groups -OCH3 is 3. The Kier molecular flexibility index (Phi) is 5.65. The highest BCUT2D eigenvalue weighted by Crippen LogP contribution is 2.35. The average Bonchev–Trinajstić information content (AvgIpc) is 2.59. The molecular weight excluding hydrogens is 308 g/mol. The van der Waals surface area contributed by atoms with Crippen molar-refractivity contribution < 1.29 is 19.0 Å². The van der Waals surface area contributed by atoms with Crippen molar-refractivity contribution in [3.63, 3.8) is 0 Å². The highest BCUT2D eigenvalue weighted by Gasteiger charge is 2.18. The van der Waals surface area contributed by atoms with Crippen LogP contribution in [-0.4, -0.2) is 27.2 Å². The summed E-state index contributed by atoms with van der Waals surface area (Å²) in [6.07, 6.45) is 0. The van der Waals surface area contributed by atoms with E-state index >= 15 is 0 Å². The summed E-state index contributed by atoms with van der Waals surface area (Å²) in [4.78, 5) is 12.7. The molecule has 0 aliphatic heterocycles. The Bertz CT molecular complexity index is 744. The van der Waals surface area contributed by atoms with Crippen molar-refractivity contribution in [3.8, 4) is 17.2 Å². The molecule has 3 N–H and O–H groups in total. The smallest absolute Gasteiger partial charge is 0.259 e. The second kappa shape index (κ2) is 7.70. The molecule has 2 aromatic rings. The second-order valence-electron chi connectivity index (χ2n) is 5.27. The van der Waals surface area contributed by atoms with Gasteiger partial charge in [0.1, 0.15) is 5.75 Å². The highest BCUT2D eigenvalue weighted by molar-refractivity contribution is 6.06. The first kappa shape index (κ1) is 17.6. The number of rotatable bonds is 6. The van der Waals surface area contributed by atoms with E-state index in [9.17, 15) is 4.79 Å². The Labute approximate surface area is 141 Å². The van der Waals surface area contributed by atoms with Gasteiger partial charge in [-0.05, 0) is 30.2 Å². The van der Waals surface area contributed by atoms with Crippen LogP contribution in [0.5, 0.6) is 17.2 Å². The number of ether oxygens (including phenoxy) is 3. The minimum absolute atomic E-state index is 0.304. The first-order valence-corrected chi connectivity index (χ1v) is 7.44. The zero-order chi connectivity index (χ0) is 17.7. The van der Waals surface area contributed by atoms with Gasteiger partial charge in [-0.15, -0.1) is 0 Å². The maximum Gasteiger partial charge on any atom is 0.259 e. The number of hydrogen-bond donors (Lipinski definition) is 2. The average molecular weight is 330 g/mol. The summed E-state index contributed by atoms with van der Waals surface area (Å²) in [5.41, 5.74) is 8.68. The quantitative estimate of drug-likeness (QED) is 0.851. The fourth-order valence-corrected chi connectivity index (χ4v) is 2.46. The van der Waals surface area contributed by atoms with Gasteiger partial charge in [0, 0.05) is 24.4 Å². The lowest BCUT2D eigenvalue weighted by Crippen LogP contribution is -2.14. The first-order valence-electron chi connectivity index (χ1n) is 7.44. The molecule has 2 aromatic carbocycles.